The zero-order valence-corrected chi connectivity index (χ0v) is 16.6. The first-order valence-electron chi connectivity index (χ1n) is 9.42. The third-order valence-corrected chi connectivity index (χ3v) is 4.63. The Morgan fingerprint density at radius 3 is 2.45 bits per heavy atom. The Morgan fingerprint density at radius 2 is 1.90 bits per heavy atom. The summed E-state index contributed by atoms with van der Waals surface area (Å²) in [6.07, 6.45) is 5.86. The molecule has 0 fully saturated rings. The summed E-state index contributed by atoms with van der Waals surface area (Å²) in [6, 6.07) is 14.3. The van der Waals surface area contributed by atoms with Crippen LogP contribution in [-0.2, 0) is 16.0 Å². The van der Waals surface area contributed by atoms with Gasteiger partial charge in [-0.3, -0.25) is 9.59 Å². The van der Waals surface area contributed by atoms with Gasteiger partial charge in [-0.15, -0.1) is 6.42 Å². The molecule has 0 aliphatic carbocycles. The lowest BCUT2D eigenvalue weighted by Crippen LogP contribution is -2.51. The van der Waals surface area contributed by atoms with Gasteiger partial charge in [-0.1, -0.05) is 37.1 Å². The summed E-state index contributed by atoms with van der Waals surface area (Å²) in [7, 11) is -1.75. The molecule has 0 aliphatic heterocycles. The summed E-state index contributed by atoms with van der Waals surface area (Å²) >= 11 is 0. The topological polar surface area (TPSA) is 89.9 Å². The zero-order chi connectivity index (χ0) is 21.4. The molecule has 7 heteroatoms. The number of carbonyl (C=O) groups excluding carboxylic acids is 2. The summed E-state index contributed by atoms with van der Waals surface area (Å²) in [5, 5.41) is 22.1. The molecule has 3 N–H and O–H groups in total. The number of amides is 2. The van der Waals surface area contributed by atoms with Crippen LogP contribution >= 0.6 is 0 Å². The maximum Gasteiger partial charge on any atom is 0.475 e. The van der Waals surface area contributed by atoms with Crippen LogP contribution in [0.1, 0.15) is 30.0 Å². The second-order valence-electron chi connectivity index (χ2n) is 6.75. The van der Waals surface area contributed by atoms with Crippen LogP contribution in [0.4, 0.5) is 5.69 Å². The second kappa shape index (κ2) is 10.5. The largest absolute Gasteiger partial charge is 0.475 e. The molecule has 0 saturated carbocycles. The van der Waals surface area contributed by atoms with Gasteiger partial charge in [0.15, 0.2) is 0 Å². The smallest absolute Gasteiger partial charge is 0.426 e. The van der Waals surface area contributed by atoms with Crippen molar-refractivity contribution in [3.8, 4) is 12.3 Å². The quantitative estimate of drug-likeness (QED) is 0.469. The van der Waals surface area contributed by atoms with Gasteiger partial charge in [-0.05, 0) is 48.7 Å². The van der Waals surface area contributed by atoms with E-state index in [0.717, 1.165) is 16.7 Å². The molecule has 2 aromatic rings. The van der Waals surface area contributed by atoms with Crippen LogP contribution < -0.4 is 10.2 Å². The van der Waals surface area contributed by atoms with Crippen molar-refractivity contribution in [2.75, 3.05) is 11.4 Å². The van der Waals surface area contributed by atoms with E-state index in [1.54, 1.807) is 37.3 Å². The highest BCUT2D eigenvalue weighted by Crippen LogP contribution is 2.15. The standard InChI is InChI=1S/C22H25BN2O4/c1-4-17-11-12-18(16(3)13-17)14-20(23(28)29)24-21(26)15-25(22(27)5-2)19-9-7-6-8-10-19/h1,6-13,20,28-29H,5,14-15H2,2-3H3,(H,24,26)/t20-/m0/s1. The molecule has 0 radical (unpaired) electrons. The normalized spacial score (nSPS) is 11.3. The summed E-state index contributed by atoms with van der Waals surface area (Å²) in [5.74, 6) is 0.946. The Kier molecular flexibility index (Phi) is 8.02. The first-order chi connectivity index (χ1) is 13.8. The molecule has 6 nitrogen and oxygen atoms in total. The van der Waals surface area contributed by atoms with E-state index in [4.69, 9.17) is 6.42 Å². The maximum atomic E-state index is 12.6. The molecule has 2 rings (SSSR count). The van der Waals surface area contributed by atoms with Crippen LogP contribution in [0.25, 0.3) is 0 Å². The van der Waals surface area contributed by atoms with Crippen LogP contribution in [0.3, 0.4) is 0 Å². The number of anilines is 1. The van der Waals surface area contributed by atoms with E-state index < -0.39 is 19.0 Å². The average Bonchev–Trinajstić information content (AvgIpc) is 2.72. The lowest BCUT2D eigenvalue weighted by atomic mass is 9.75. The van der Waals surface area contributed by atoms with Crippen molar-refractivity contribution in [2.24, 2.45) is 0 Å². The third-order valence-electron chi connectivity index (χ3n) is 4.63. The number of rotatable bonds is 8. The molecule has 0 unspecified atom stereocenters. The van der Waals surface area contributed by atoms with Crippen molar-refractivity contribution in [1.82, 2.24) is 5.32 Å². The Labute approximate surface area is 171 Å². The van der Waals surface area contributed by atoms with Gasteiger partial charge >= 0.3 is 7.12 Å². The van der Waals surface area contributed by atoms with E-state index in [1.165, 1.54) is 4.90 Å². The van der Waals surface area contributed by atoms with Crippen LogP contribution in [0.15, 0.2) is 48.5 Å². The van der Waals surface area contributed by atoms with Crippen molar-refractivity contribution < 1.29 is 19.6 Å². The summed E-state index contributed by atoms with van der Waals surface area (Å²) in [4.78, 5) is 26.3. The Bertz CT molecular complexity index is 893. The van der Waals surface area contributed by atoms with Gasteiger partial charge < -0.3 is 20.3 Å². The molecule has 29 heavy (non-hydrogen) atoms. The van der Waals surface area contributed by atoms with Gasteiger partial charge in [0.05, 0.1) is 5.94 Å². The number of terminal acetylenes is 1. The minimum absolute atomic E-state index is 0.201. The van der Waals surface area contributed by atoms with Gasteiger partial charge in [-0.2, -0.15) is 0 Å². The summed E-state index contributed by atoms with van der Waals surface area (Å²) in [6.45, 7) is 3.38. The molecule has 2 amide bonds. The third kappa shape index (κ3) is 6.21. The van der Waals surface area contributed by atoms with Crippen LogP contribution in [-0.4, -0.2) is 41.5 Å². The number of aryl methyl sites for hydroxylation is 1. The molecule has 0 spiro atoms. The fourth-order valence-electron chi connectivity index (χ4n) is 3.00. The minimum Gasteiger partial charge on any atom is -0.426 e. The molecule has 2 aromatic carbocycles. The number of carbonyl (C=O) groups is 2. The molecule has 1 atom stereocenters. The van der Waals surface area contributed by atoms with E-state index >= 15 is 0 Å². The number of hydrogen-bond acceptors (Lipinski definition) is 4. The van der Waals surface area contributed by atoms with Crippen molar-refractivity contribution in [2.45, 2.75) is 32.6 Å². The number of benzene rings is 2. The van der Waals surface area contributed by atoms with E-state index in [0.29, 0.717) is 5.69 Å². The van der Waals surface area contributed by atoms with E-state index in [-0.39, 0.29) is 25.3 Å². The highest BCUT2D eigenvalue weighted by molar-refractivity contribution is 6.43. The van der Waals surface area contributed by atoms with Crippen LogP contribution in [0, 0.1) is 19.3 Å². The van der Waals surface area contributed by atoms with Gasteiger partial charge in [-0.25, -0.2) is 0 Å². The molecule has 0 aromatic heterocycles. The summed E-state index contributed by atoms with van der Waals surface area (Å²) < 4.78 is 0. The molecular weight excluding hydrogens is 367 g/mol. The number of nitrogens with one attached hydrogen (secondary N) is 1. The van der Waals surface area contributed by atoms with Crippen molar-refractivity contribution >= 4 is 24.6 Å². The predicted octanol–water partition coefficient (Wildman–Crippen LogP) is 1.46. The van der Waals surface area contributed by atoms with Crippen molar-refractivity contribution in [1.29, 1.82) is 0 Å². The van der Waals surface area contributed by atoms with Gasteiger partial charge in [0.25, 0.3) is 0 Å². The highest BCUT2D eigenvalue weighted by atomic mass is 16.4. The molecule has 0 bridgehead atoms. The van der Waals surface area contributed by atoms with Gasteiger partial charge in [0.2, 0.25) is 11.8 Å². The van der Waals surface area contributed by atoms with Gasteiger partial charge in [0.1, 0.15) is 6.54 Å². The molecule has 0 heterocycles. The Balaban J connectivity index is 2.12. The molecule has 0 saturated heterocycles. The molecule has 0 aliphatic rings. The number of nitrogens with zero attached hydrogens (tertiary/aromatic N) is 1. The Morgan fingerprint density at radius 1 is 1.21 bits per heavy atom. The monoisotopic (exact) mass is 392 g/mol. The average molecular weight is 392 g/mol. The fraction of sp³-hybridized carbons (Fsp3) is 0.273. The molecule has 150 valence electrons. The van der Waals surface area contributed by atoms with E-state index in [9.17, 15) is 19.6 Å². The Hall–Kier alpha value is -3.08. The van der Waals surface area contributed by atoms with E-state index in [2.05, 4.69) is 11.2 Å². The van der Waals surface area contributed by atoms with Crippen LogP contribution in [0.5, 0.6) is 0 Å². The zero-order valence-electron chi connectivity index (χ0n) is 16.6. The number of hydrogen-bond donors (Lipinski definition) is 3. The highest BCUT2D eigenvalue weighted by Gasteiger charge is 2.27. The maximum absolute atomic E-state index is 12.6. The fourth-order valence-corrected chi connectivity index (χ4v) is 3.00. The second-order valence-corrected chi connectivity index (χ2v) is 6.75. The van der Waals surface area contributed by atoms with Gasteiger partial charge in [0, 0.05) is 17.7 Å². The first kappa shape index (κ1) is 22.2. The lowest BCUT2D eigenvalue weighted by Gasteiger charge is -2.24. The van der Waals surface area contributed by atoms with Crippen LogP contribution in [0.2, 0.25) is 0 Å². The summed E-state index contributed by atoms with van der Waals surface area (Å²) in [5.41, 5.74) is 3.07. The predicted molar refractivity (Wildman–Crippen MR) is 114 cm³/mol. The van der Waals surface area contributed by atoms with E-state index in [1.807, 2.05) is 25.1 Å². The SMILES string of the molecule is C#Cc1ccc(C[C@H](NC(=O)CN(C(=O)CC)c2ccccc2)B(O)O)c(C)c1. The number of para-hydroxylation sites is 1. The minimum atomic E-state index is -1.75. The lowest BCUT2D eigenvalue weighted by molar-refractivity contribution is -0.124. The van der Waals surface area contributed by atoms with Crippen molar-refractivity contribution in [3.63, 3.8) is 0 Å². The first-order valence-corrected chi connectivity index (χ1v) is 9.42. The van der Waals surface area contributed by atoms with Crippen molar-refractivity contribution in [3.05, 3.63) is 65.2 Å². The molecular formula is C22H25BN2O4.